The smallest absolute Gasteiger partial charge is 0.258 e. The van der Waals surface area contributed by atoms with Gasteiger partial charge in [0.1, 0.15) is 12.1 Å². The maximum atomic E-state index is 13.9. The number of carbonyl (C=O) groups is 4. The summed E-state index contributed by atoms with van der Waals surface area (Å²) in [7, 11) is 0. The summed E-state index contributed by atoms with van der Waals surface area (Å²) >= 11 is 0. The lowest BCUT2D eigenvalue weighted by Crippen LogP contribution is -2.51. The normalized spacial score (nSPS) is 21.1. The molecule has 1 aromatic carbocycles. The Hall–Kier alpha value is -4.21. The van der Waals surface area contributed by atoms with E-state index in [1.807, 2.05) is 26.0 Å². The van der Waals surface area contributed by atoms with Crippen LogP contribution >= 0.6 is 0 Å². The minimum absolute atomic E-state index is 0.00937. The molecule has 5 rings (SSSR count). The number of carbonyl (C=O) groups excluding carboxylic acids is 4. The average molecular weight is 532 g/mol. The third-order valence-electron chi connectivity index (χ3n) is 7.41. The van der Waals surface area contributed by atoms with Gasteiger partial charge in [-0.2, -0.15) is 0 Å². The fourth-order valence-electron chi connectivity index (χ4n) is 5.58. The van der Waals surface area contributed by atoms with E-state index in [0.29, 0.717) is 24.9 Å². The second-order valence-electron chi connectivity index (χ2n) is 10.6. The monoisotopic (exact) mass is 531 g/mol. The molecule has 3 unspecified atom stereocenters. The molecule has 0 aliphatic carbocycles. The first kappa shape index (κ1) is 26.4. The van der Waals surface area contributed by atoms with E-state index in [4.69, 9.17) is 4.74 Å². The number of pyridine rings is 1. The second kappa shape index (κ2) is 11.3. The molecule has 204 valence electrons. The summed E-state index contributed by atoms with van der Waals surface area (Å²) in [4.78, 5) is 61.8. The lowest BCUT2D eigenvalue weighted by atomic mass is 10.0. The van der Waals surface area contributed by atoms with Gasteiger partial charge in [-0.3, -0.25) is 29.5 Å². The average Bonchev–Trinajstić information content (AvgIpc) is 3.65. The zero-order valence-electron chi connectivity index (χ0n) is 22.2. The molecule has 2 fully saturated rings. The van der Waals surface area contributed by atoms with Gasteiger partial charge in [-0.25, -0.2) is 0 Å². The zero-order chi connectivity index (χ0) is 27.5. The topological polar surface area (TPSA) is 112 Å². The van der Waals surface area contributed by atoms with Gasteiger partial charge < -0.3 is 19.4 Å². The third-order valence-corrected chi connectivity index (χ3v) is 7.41. The van der Waals surface area contributed by atoms with Crippen LogP contribution in [0.3, 0.4) is 0 Å². The van der Waals surface area contributed by atoms with E-state index in [0.717, 1.165) is 5.56 Å². The van der Waals surface area contributed by atoms with Crippen LogP contribution in [-0.4, -0.2) is 81.1 Å². The molecule has 0 saturated carbocycles. The molecule has 0 bridgehead atoms. The van der Waals surface area contributed by atoms with Gasteiger partial charge in [-0.05, 0) is 42.5 Å². The first-order valence-corrected chi connectivity index (χ1v) is 13.3. The molecule has 4 heterocycles. The van der Waals surface area contributed by atoms with Crippen molar-refractivity contribution in [3.05, 3.63) is 78.1 Å². The summed E-state index contributed by atoms with van der Waals surface area (Å²) in [5.41, 5.74) is 1.29. The van der Waals surface area contributed by atoms with E-state index in [-0.39, 0.29) is 61.0 Å². The molecule has 10 nitrogen and oxygen atoms in total. The fourth-order valence-corrected chi connectivity index (χ4v) is 5.58. The highest BCUT2D eigenvalue weighted by molar-refractivity contribution is 5.98. The van der Waals surface area contributed by atoms with E-state index in [1.54, 1.807) is 63.6 Å². The Morgan fingerprint density at radius 2 is 1.90 bits per heavy atom. The van der Waals surface area contributed by atoms with Gasteiger partial charge in [0.05, 0.1) is 25.2 Å². The van der Waals surface area contributed by atoms with Crippen molar-refractivity contribution >= 4 is 23.5 Å². The Balaban J connectivity index is 1.28. The van der Waals surface area contributed by atoms with Crippen molar-refractivity contribution < 1.29 is 23.9 Å². The third kappa shape index (κ3) is 5.64. The summed E-state index contributed by atoms with van der Waals surface area (Å²) in [6, 6.07) is 10.9. The molecule has 3 aliphatic rings. The number of nitrogens with one attached hydrogen (secondary N) is 1. The number of nitrogens with zero attached hydrogens (tertiary/aromatic N) is 4. The highest BCUT2D eigenvalue weighted by atomic mass is 16.5. The molecule has 1 aromatic heterocycles. The summed E-state index contributed by atoms with van der Waals surface area (Å²) in [5.74, 6) is -0.240. The van der Waals surface area contributed by atoms with Gasteiger partial charge in [0.25, 0.3) is 5.91 Å². The zero-order valence-corrected chi connectivity index (χ0v) is 22.2. The maximum absolute atomic E-state index is 13.9. The minimum Gasteiger partial charge on any atom is -0.456 e. The molecule has 1 N–H and O–H groups in total. The van der Waals surface area contributed by atoms with Gasteiger partial charge in [0.15, 0.2) is 12.5 Å². The lowest BCUT2D eigenvalue weighted by Gasteiger charge is -2.32. The first-order chi connectivity index (χ1) is 18.8. The standard InChI is InChI=1S/C29H33N5O5/c1-19(2)13-23(32-17-25(39-18-32)31-28(37)21-8-4-3-5-9-21)29(38)33-12-10-22-27(33)24(35)16-34(22)26(36)14-20-7-6-11-30-15-20/h3-9,11,15,17,19,22-23,27H,10,12-14,16,18H2,1-2H3,(H,31,37). The Morgan fingerprint density at radius 3 is 2.62 bits per heavy atom. The first-order valence-electron chi connectivity index (χ1n) is 13.3. The molecule has 39 heavy (non-hydrogen) atoms. The van der Waals surface area contributed by atoms with Crippen molar-refractivity contribution in [1.29, 1.82) is 0 Å². The van der Waals surface area contributed by atoms with Crippen molar-refractivity contribution in [2.45, 2.75) is 51.2 Å². The predicted molar refractivity (Wildman–Crippen MR) is 142 cm³/mol. The van der Waals surface area contributed by atoms with E-state index >= 15 is 0 Å². The van der Waals surface area contributed by atoms with Gasteiger partial charge in [-0.1, -0.05) is 38.1 Å². The molecular formula is C29H33N5O5. The van der Waals surface area contributed by atoms with Gasteiger partial charge >= 0.3 is 0 Å². The van der Waals surface area contributed by atoms with Crippen LogP contribution < -0.4 is 5.32 Å². The van der Waals surface area contributed by atoms with Crippen molar-refractivity contribution in [2.75, 3.05) is 19.8 Å². The number of aromatic nitrogens is 1. The van der Waals surface area contributed by atoms with Crippen LogP contribution in [0.15, 0.2) is 66.9 Å². The van der Waals surface area contributed by atoms with E-state index < -0.39 is 12.1 Å². The maximum Gasteiger partial charge on any atom is 0.258 e. The van der Waals surface area contributed by atoms with Crippen molar-refractivity contribution in [3.63, 3.8) is 0 Å². The minimum atomic E-state index is -0.644. The number of ether oxygens (including phenoxy) is 1. The molecule has 3 atom stereocenters. The number of ketones is 1. The SMILES string of the molecule is CC(C)CC(C(=O)N1CCC2C1C(=O)CN2C(=O)Cc1cccnc1)N1C=C(NC(=O)c2ccccc2)OC1. The number of rotatable bonds is 8. The second-order valence-corrected chi connectivity index (χ2v) is 10.6. The highest BCUT2D eigenvalue weighted by Crippen LogP contribution is 2.32. The van der Waals surface area contributed by atoms with Crippen LogP contribution in [0.5, 0.6) is 0 Å². The Kier molecular flexibility index (Phi) is 7.63. The molecule has 0 spiro atoms. The Bertz CT molecular complexity index is 1270. The highest BCUT2D eigenvalue weighted by Gasteiger charge is 2.52. The molecule has 0 radical (unpaired) electrons. The van der Waals surface area contributed by atoms with Crippen molar-refractivity contribution in [3.8, 4) is 0 Å². The van der Waals surface area contributed by atoms with Crippen LogP contribution in [0, 0.1) is 5.92 Å². The van der Waals surface area contributed by atoms with Crippen molar-refractivity contribution in [1.82, 2.24) is 25.0 Å². The molecule has 3 aliphatic heterocycles. The summed E-state index contributed by atoms with van der Waals surface area (Å²) in [5, 5.41) is 2.75. The van der Waals surface area contributed by atoms with Gasteiger partial charge in [0.2, 0.25) is 17.7 Å². The summed E-state index contributed by atoms with van der Waals surface area (Å²) < 4.78 is 5.71. The summed E-state index contributed by atoms with van der Waals surface area (Å²) in [6.45, 7) is 4.59. The van der Waals surface area contributed by atoms with Crippen LogP contribution in [0.1, 0.15) is 42.6 Å². The van der Waals surface area contributed by atoms with Gasteiger partial charge in [-0.15, -0.1) is 0 Å². The quantitative estimate of drug-likeness (QED) is 0.554. The van der Waals surface area contributed by atoms with Crippen molar-refractivity contribution in [2.24, 2.45) is 5.92 Å². The number of likely N-dealkylation sites (tertiary alicyclic amines) is 2. The van der Waals surface area contributed by atoms with Crippen LogP contribution in [0.4, 0.5) is 0 Å². The Labute approximate surface area is 227 Å². The number of Topliss-reactive ketones (excluding diaryl/α,β-unsaturated/α-hetero) is 1. The number of fused-ring (bicyclic) bond motifs is 1. The van der Waals surface area contributed by atoms with E-state index in [1.165, 1.54) is 0 Å². The summed E-state index contributed by atoms with van der Waals surface area (Å²) in [6.07, 6.45) is 6.22. The van der Waals surface area contributed by atoms with E-state index in [2.05, 4.69) is 10.3 Å². The number of hydrogen-bond acceptors (Lipinski definition) is 7. The number of benzene rings is 1. The molecule has 3 amide bonds. The fraction of sp³-hybridized carbons (Fsp3) is 0.414. The molecule has 2 aromatic rings. The number of amides is 3. The number of hydrogen-bond donors (Lipinski definition) is 1. The predicted octanol–water partition coefficient (Wildman–Crippen LogP) is 1.94. The van der Waals surface area contributed by atoms with Gasteiger partial charge in [0, 0.05) is 24.5 Å². The van der Waals surface area contributed by atoms with Crippen LogP contribution in [-0.2, 0) is 25.5 Å². The van der Waals surface area contributed by atoms with E-state index in [9.17, 15) is 19.2 Å². The Morgan fingerprint density at radius 1 is 1.10 bits per heavy atom. The molecule has 2 saturated heterocycles. The molecular weight excluding hydrogens is 498 g/mol. The van der Waals surface area contributed by atoms with Crippen LogP contribution in [0.25, 0.3) is 0 Å². The lowest BCUT2D eigenvalue weighted by molar-refractivity contribution is -0.141. The largest absolute Gasteiger partial charge is 0.456 e. The molecule has 10 heteroatoms. The van der Waals surface area contributed by atoms with Crippen LogP contribution in [0.2, 0.25) is 0 Å².